The number of aliphatic carboxylic acids is 1. The number of rotatable bonds is 6. The minimum Gasteiger partial charge on any atom is -0.481 e. The van der Waals surface area contributed by atoms with Crippen molar-refractivity contribution in [3.63, 3.8) is 0 Å². The molecule has 1 aromatic carbocycles. The van der Waals surface area contributed by atoms with Crippen LogP contribution in [0.1, 0.15) is 44.1 Å². The van der Waals surface area contributed by atoms with Crippen LogP contribution in [0.5, 0.6) is 0 Å². The Morgan fingerprint density at radius 3 is 2.64 bits per heavy atom. The van der Waals surface area contributed by atoms with Gasteiger partial charge in [-0.3, -0.25) is 4.79 Å². The normalized spacial score (nSPS) is 29.6. The zero-order chi connectivity index (χ0) is 20.1. The zero-order valence-electron chi connectivity index (χ0n) is 16.0. The van der Waals surface area contributed by atoms with Gasteiger partial charge in [0.15, 0.2) is 0 Å². The molecule has 0 saturated heterocycles. The second-order valence-corrected chi connectivity index (χ2v) is 7.85. The van der Waals surface area contributed by atoms with Gasteiger partial charge in [0, 0.05) is 5.56 Å². The van der Waals surface area contributed by atoms with Crippen LogP contribution in [0.3, 0.4) is 0 Å². The Balaban J connectivity index is 1.96. The molecule has 1 N–H and O–H groups in total. The maximum atomic E-state index is 14.6. The van der Waals surface area contributed by atoms with Gasteiger partial charge in [0.1, 0.15) is 11.2 Å². The number of carboxylic acids is 1. The first kappa shape index (κ1) is 20.1. The molecule has 28 heavy (non-hydrogen) atoms. The highest BCUT2D eigenvalue weighted by Gasteiger charge is 2.45. The fourth-order valence-electron chi connectivity index (χ4n) is 4.67. The third-order valence-electron chi connectivity index (χ3n) is 6.26. The summed E-state index contributed by atoms with van der Waals surface area (Å²) in [6, 6.07) is 8.78. The van der Waals surface area contributed by atoms with Crippen LogP contribution in [-0.4, -0.2) is 11.1 Å². The third-order valence-corrected chi connectivity index (χ3v) is 6.26. The maximum Gasteiger partial charge on any atom is 0.314 e. The third kappa shape index (κ3) is 3.80. The van der Waals surface area contributed by atoms with E-state index in [-0.39, 0.29) is 5.92 Å². The first-order valence-electron chi connectivity index (χ1n) is 9.93. The Labute approximate surface area is 165 Å². The largest absolute Gasteiger partial charge is 0.481 e. The van der Waals surface area contributed by atoms with E-state index >= 15 is 0 Å². The van der Waals surface area contributed by atoms with E-state index in [9.17, 15) is 19.6 Å². The minimum absolute atomic E-state index is 0.0503. The molecule has 1 saturated carbocycles. The van der Waals surface area contributed by atoms with Crippen molar-refractivity contribution in [2.75, 3.05) is 0 Å². The van der Waals surface area contributed by atoms with Gasteiger partial charge in [-0.15, -0.1) is 6.58 Å². The predicted octanol–water partition coefficient (Wildman–Crippen LogP) is 5.76. The SMILES string of the molecule is C=CCC[C@H]1CC[C@H](C2(C#N)C=CC(C(=O)O)C=C2c2ccccc2F)CC1. The summed E-state index contributed by atoms with van der Waals surface area (Å²) >= 11 is 0. The van der Waals surface area contributed by atoms with Crippen LogP contribution in [0.25, 0.3) is 5.57 Å². The van der Waals surface area contributed by atoms with E-state index in [0.717, 1.165) is 38.5 Å². The van der Waals surface area contributed by atoms with Crippen LogP contribution in [-0.2, 0) is 4.79 Å². The monoisotopic (exact) mass is 379 g/mol. The fraction of sp³-hybridized carbons (Fsp3) is 0.417. The topological polar surface area (TPSA) is 61.1 Å². The van der Waals surface area contributed by atoms with Crippen molar-refractivity contribution >= 4 is 11.5 Å². The highest BCUT2D eigenvalue weighted by atomic mass is 19.1. The van der Waals surface area contributed by atoms with Crippen LogP contribution < -0.4 is 0 Å². The quantitative estimate of drug-likeness (QED) is 0.639. The van der Waals surface area contributed by atoms with E-state index in [2.05, 4.69) is 12.6 Å². The number of allylic oxidation sites excluding steroid dienone is 3. The van der Waals surface area contributed by atoms with Crippen molar-refractivity contribution < 1.29 is 14.3 Å². The summed E-state index contributed by atoms with van der Waals surface area (Å²) in [5, 5.41) is 19.7. The first-order valence-corrected chi connectivity index (χ1v) is 9.93. The summed E-state index contributed by atoms with van der Waals surface area (Å²) in [5.41, 5.74) is -0.164. The Morgan fingerprint density at radius 1 is 1.32 bits per heavy atom. The summed E-state index contributed by atoms with van der Waals surface area (Å²) in [4.78, 5) is 11.6. The Morgan fingerprint density at radius 2 is 2.04 bits per heavy atom. The van der Waals surface area contributed by atoms with E-state index in [1.807, 2.05) is 6.08 Å². The molecule has 0 spiro atoms. The molecule has 0 amide bonds. The number of nitrogens with zero attached hydrogens (tertiary/aromatic N) is 1. The molecule has 0 heterocycles. The van der Waals surface area contributed by atoms with E-state index in [4.69, 9.17) is 0 Å². The minimum atomic E-state index is -0.996. The summed E-state index contributed by atoms with van der Waals surface area (Å²) in [6.07, 6.45) is 12.7. The predicted molar refractivity (Wildman–Crippen MR) is 108 cm³/mol. The second-order valence-electron chi connectivity index (χ2n) is 7.85. The summed E-state index contributed by atoms with van der Waals surface area (Å²) < 4.78 is 14.6. The molecule has 146 valence electrons. The van der Waals surface area contributed by atoms with Crippen LogP contribution in [0.2, 0.25) is 0 Å². The number of nitriles is 1. The number of carbonyl (C=O) groups is 1. The van der Waals surface area contributed by atoms with Gasteiger partial charge in [-0.2, -0.15) is 5.26 Å². The Hall–Kier alpha value is -2.67. The number of halogens is 1. The molecule has 2 atom stereocenters. The fourth-order valence-corrected chi connectivity index (χ4v) is 4.67. The summed E-state index contributed by atoms with van der Waals surface area (Å²) in [7, 11) is 0. The van der Waals surface area contributed by atoms with E-state index < -0.39 is 23.1 Å². The molecule has 1 fully saturated rings. The van der Waals surface area contributed by atoms with Gasteiger partial charge in [0.25, 0.3) is 0 Å². The lowest BCUT2D eigenvalue weighted by Crippen LogP contribution is -2.35. The number of hydrogen-bond acceptors (Lipinski definition) is 2. The van der Waals surface area contributed by atoms with E-state index in [1.165, 1.54) is 6.07 Å². The van der Waals surface area contributed by atoms with Gasteiger partial charge in [-0.1, -0.05) is 55.3 Å². The standard InChI is InChI=1S/C24H26FNO2/c1-2-3-6-17-9-11-19(12-10-17)24(16-26)14-13-18(23(27)28)15-21(24)20-7-4-5-8-22(20)25/h2,4-5,7-8,13-15,17-19H,1,3,6,9-12H2,(H,27,28)/t17-,18?,19-,24?. The van der Waals surface area contributed by atoms with Crippen LogP contribution in [0.4, 0.5) is 4.39 Å². The average molecular weight is 379 g/mol. The Kier molecular flexibility index (Phi) is 6.14. The van der Waals surface area contributed by atoms with Crippen molar-refractivity contribution in [1.29, 1.82) is 5.26 Å². The number of hydrogen-bond donors (Lipinski definition) is 1. The molecule has 2 aliphatic rings. The van der Waals surface area contributed by atoms with Crippen LogP contribution >= 0.6 is 0 Å². The molecule has 2 aliphatic carbocycles. The molecule has 0 aromatic heterocycles. The lowest BCUT2D eigenvalue weighted by molar-refractivity contribution is -0.138. The molecule has 1 aromatic rings. The molecule has 3 rings (SSSR count). The lowest BCUT2D eigenvalue weighted by Gasteiger charge is -2.41. The van der Waals surface area contributed by atoms with Gasteiger partial charge < -0.3 is 5.11 Å². The summed E-state index contributed by atoms with van der Waals surface area (Å²) in [6.45, 7) is 3.79. The molecule has 0 bridgehead atoms. The molecule has 0 radical (unpaired) electrons. The highest BCUT2D eigenvalue weighted by molar-refractivity contribution is 5.84. The first-order chi connectivity index (χ1) is 13.5. The Bertz CT molecular complexity index is 842. The van der Waals surface area contributed by atoms with Gasteiger partial charge in [-0.05, 0) is 49.2 Å². The second kappa shape index (κ2) is 8.56. The van der Waals surface area contributed by atoms with Crippen molar-refractivity contribution in [1.82, 2.24) is 0 Å². The molecule has 3 nitrogen and oxygen atoms in total. The molecular formula is C24H26FNO2. The van der Waals surface area contributed by atoms with E-state index in [1.54, 1.807) is 36.4 Å². The van der Waals surface area contributed by atoms with Gasteiger partial charge in [-0.25, -0.2) is 4.39 Å². The number of carboxylic acid groups (broad SMARTS) is 1. The smallest absolute Gasteiger partial charge is 0.314 e. The maximum absolute atomic E-state index is 14.6. The molecular weight excluding hydrogens is 353 g/mol. The van der Waals surface area contributed by atoms with Crippen molar-refractivity contribution in [3.8, 4) is 6.07 Å². The number of benzene rings is 1. The van der Waals surface area contributed by atoms with Crippen molar-refractivity contribution in [2.45, 2.75) is 38.5 Å². The van der Waals surface area contributed by atoms with Crippen LogP contribution in [0, 0.1) is 40.3 Å². The van der Waals surface area contributed by atoms with Crippen molar-refractivity contribution in [3.05, 3.63) is 66.5 Å². The zero-order valence-corrected chi connectivity index (χ0v) is 16.0. The lowest BCUT2D eigenvalue weighted by atomic mass is 9.60. The summed E-state index contributed by atoms with van der Waals surface area (Å²) in [5.74, 6) is -1.59. The molecule has 0 aliphatic heterocycles. The van der Waals surface area contributed by atoms with Crippen LogP contribution in [0.15, 0.2) is 55.1 Å². The van der Waals surface area contributed by atoms with Gasteiger partial charge >= 0.3 is 5.97 Å². The molecule has 2 unspecified atom stereocenters. The molecule has 4 heteroatoms. The average Bonchev–Trinajstić information content (AvgIpc) is 2.72. The van der Waals surface area contributed by atoms with Crippen molar-refractivity contribution in [2.24, 2.45) is 23.2 Å². The highest BCUT2D eigenvalue weighted by Crippen LogP contribution is 2.52. The van der Waals surface area contributed by atoms with Gasteiger partial charge in [0.2, 0.25) is 0 Å². The van der Waals surface area contributed by atoms with Gasteiger partial charge in [0.05, 0.1) is 12.0 Å². The van der Waals surface area contributed by atoms with E-state index in [0.29, 0.717) is 17.1 Å².